The first-order valence-electron chi connectivity index (χ1n) is 12.5. The number of aromatic nitrogens is 3. The largest absolute Gasteiger partial charge is 0.497 e. The van der Waals surface area contributed by atoms with Crippen LogP contribution in [-0.4, -0.2) is 79.9 Å². The number of benzene rings is 2. The Balaban J connectivity index is 0.000000557. The number of piperidine rings is 1. The molecule has 2 aromatic carbocycles. The number of carboxylic acids is 2. The number of pyridine rings is 1. The van der Waals surface area contributed by atoms with Crippen molar-refractivity contribution in [2.24, 2.45) is 0 Å². The van der Waals surface area contributed by atoms with Gasteiger partial charge in [0.1, 0.15) is 22.9 Å². The maximum atomic E-state index is 13.9. The van der Waals surface area contributed by atoms with Crippen molar-refractivity contribution in [2.45, 2.75) is 31.5 Å². The van der Waals surface area contributed by atoms with Gasteiger partial charge in [0.25, 0.3) is 0 Å². The Morgan fingerprint density at radius 1 is 1.15 bits per heavy atom. The lowest BCUT2D eigenvalue weighted by Crippen LogP contribution is -2.43. The van der Waals surface area contributed by atoms with Crippen molar-refractivity contribution < 1.29 is 38.4 Å². The van der Waals surface area contributed by atoms with Crippen LogP contribution in [0.25, 0.3) is 21.9 Å². The number of imidazole rings is 1. The highest BCUT2D eigenvalue weighted by molar-refractivity contribution is 6.27. The summed E-state index contributed by atoms with van der Waals surface area (Å²) in [6.07, 6.45) is 2.93. The summed E-state index contributed by atoms with van der Waals surface area (Å²) >= 11 is 0. The van der Waals surface area contributed by atoms with Gasteiger partial charge in [-0.2, -0.15) is 0 Å². The van der Waals surface area contributed by atoms with Gasteiger partial charge >= 0.3 is 11.9 Å². The molecule has 0 bridgehead atoms. The molecule has 0 radical (unpaired) electrons. The molecule has 1 aliphatic heterocycles. The molecule has 0 aliphatic carbocycles. The second-order valence-electron chi connectivity index (χ2n) is 9.33. The minimum atomic E-state index is -1.82. The first kappa shape index (κ1) is 28.8. The van der Waals surface area contributed by atoms with Gasteiger partial charge in [-0.15, -0.1) is 0 Å². The summed E-state index contributed by atoms with van der Waals surface area (Å²) in [4.78, 5) is 32.1. The number of hydrogen-bond acceptors (Lipinski definition) is 8. The summed E-state index contributed by atoms with van der Waals surface area (Å²) in [5, 5.41) is 30.1. The number of aliphatic hydroxyl groups excluding tert-OH is 1. The Morgan fingerprint density at radius 2 is 1.88 bits per heavy atom. The molecular formula is C27H29F2N5O6. The lowest BCUT2D eigenvalue weighted by atomic mass is 10.0. The second-order valence-corrected chi connectivity index (χ2v) is 9.33. The molecule has 13 heteroatoms. The molecule has 5 rings (SSSR count). The second kappa shape index (κ2) is 12.8. The number of methoxy groups -OCH3 is 1. The van der Waals surface area contributed by atoms with Gasteiger partial charge in [0, 0.05) is 30.2 Å². The molecule has 4 aromatic rings. The quantitative estimate of drug-likeness (QED) is 0.214. The highest BCUT2D eigenvalue weighted by Gasteiger charge is 2.23. The summed E-state index contributed by atoms with van der Waals surface area (Å²) < 4.78 is 32.6. The van der Waals surface area contributed by atoms with Crippen molar-refractivity contribution in [2.75, 3.05) is 26.7 Å². The number of aliphatic carboxylic acids is 2. The van der Waals surface area contributed by atoms with Gasteiger partial charge in [0.15, 0.2) is 5.82 Å². The molecule has 1 atom stereocenters. The summed E-state index contributed by atoms with van der Waals surface area (Å²) in [5.41, 5.74) is 2.19. The zero-order valence-corrected chi connectivity index (χ0v) is 21.6. The Labute approximate surface area is 227 Å². The predicted octanol–water partition coefficient (Wildman–Crippen LogP) is 2.84. The van der Waals surface area contributed by atoms with Crippen LogP contribution in [0.1, 0.15) is 30.3 Å². The van der Waals surface area contributed by atoms with Gasteiger partial charge < -0.3 is 35.3 Å². The number of carboxylic acid groups (broad SMARTS) is 2. The minimum Gasteiger partial charge on any atom is -0.497 e. The molecule has 11 nitrogen and oxygen atoms in total. The maximum absolute atomic E-state index is 13.9. The lowest BCUT2D eigenvalue weighted by molar-refractivity contribution is -0.159. The number of H-pyrrole nitrogens is 1. The van der Waals surface area contributed by atoms with E-state index in [0.717, 1.165) is 54.2 Å². The van der Waals surface area contributed by atoms with Crippen LogP contribution in [0.3, 0.4) is 0 Å². The first-order chi connectivity index (χ1) is 19.1. The molecule has 40 heavy (non-hydrogen) atoms. The van der Waals surface area contributed by atoms with E-state index in [-0.39, 0.29) is 11.6 Å². The number of likely N-dealkylation sites (tertiary alicyclic amines) is 1. The lowest BCUT2D eigenvalue weighted by Gasteiger charge is -2.33. The van der Waals surface area contributed by atoms with Crippen LogP contribution in [-0.2, 0) is 16.1 Å². The van der Waals surface area contributed by atoms with Crippen molar-refractivity contribution in [1.29, 1.82) is 0 Å². The average molecular weight is 558 g/mol. The molecule has 1 saturated heterocycles. The van der Waals surface area contributed by atoms with E-state index in [0.29, 0.717) is 24.4 Å². The molecule has 212 valence electrons. The number of nitrogens with zero attached hydrogens (tertiary/aromatic N) is 3. The standard InChI is InChI=1S/C25H27F2N5O2.C2H2O4/c1-34-17-2-3-21-19(12-17)18(4-7-28-21)23(33)14-32-8-5-16(6-9-32)29-13-24-30-22-11-15(26)10-20(27)25(22)31-24;3-1(4)2(5)6/h2-4,7,10-12,16,23,29,33H,5-6,8-9,13-14H2,1H3,(H,30,31);(H,3,4)(H,5,6)/t23-;/m0./s1. The molecule has 0 unspecified atom stereocenters. The highest BCUT2D eigenvalue weighted by Crippen LogP contribution is 2.28. The van der Waals surface area contributed by atoms with E-state index in [1.807, 2.05) is 24.3 Å². The van der Waals surface area contributed by atoms with Crippen LogP contribution >= 0.6 is 0 Å². The Bertz CT molecular complexity index is 1490. The average Bonchev–Trinajstić information content (AvgIpc) is 3.35. The van der Waals surface area contributed by atoms with E-state index < -0.39 is 29.7 Å². The number of rotatable bonds is 7. The minimum absolute atomic E-state index is 0.156. The van der Waals surface area contributed by atoms with Crippen LogP contribution in [0.4, 0.5) is 8.78 Å². The zero-order valence-electron chi connectivity index (χ0n) is 21.6. The molecule has 3 heterocycles. The number of halogens is 2. The van der Waals surface area contributed by atoms with E-state index in [2.05, 4.69) is 25.2 Å². The third-order valence-corrected chi connectivity index (χ3v) is 6.66. The highest BCUT2D eigenvalue weighted by atomic mass is 19.1. The summed E-state index contributed by atoms with van der Waals surface area (Å²) in [6, 6.07) is 9.92. The molecule has 1 fully saturated rings. The molecular weight excluding hydrogens is 528 g/mol. The monoisotopic (exact) mass is 557 g/mol. The van der Waals surface area contributed by atoms with Crippen molar-refractivity contribution in [3.63, 3.8) is 0 Å². The van der Waals surface area contributed by atoms with E-state index in [9.17, 15) is 13.9 Å². The predicted molar refractivity (Wildman–Crippen MR) is 141 cm³/mol. The summed E-state index contributed by atoms with van der Waals surface area (Å²) in [7, 11) is 1.62. The molecule has 0 saturated carbocycles. The van der Waals surface area contributed by atoms with E-state index in [1.165, 1.54) is 6.07 Å². The number of fused-ring (bicyclic) bond motifs is 2. The number of nitrogens with one attached hydrogen (secondary N) is 2. The molecule has 0 spiro atoms. The zero-order chi connectivity index (χ0) is 28.8. The van der Waals surface area contributed by atoms with Gasteiger partial charge in [-0.25, -0.2) is 23.4 Å². The fraction of sp³-hybridized carbons (Fsp3) is 0.333. The van der Waals surface area contributed by atoms with Gasteiger partial charge in [-0.05, 0) is 61.8 Å². The van der Waals surface area contributed by atoms with Crippen molar-refractivity contribution in [3.8, 4) is 5.75 Å². The van der Waals surface area contributed by atoms with Crippen molar-refractivity contribution in [3.05, 3.63) is 65.6 Å². The van der Waals surface area contributed by atoms with E-state index >= 15 is 0 Å². The van der Waals surface area contributed by atoms with Gasteiger partial charge in [-0.1, -0.05) is 0 Å². The normalized spacial score (nSPS) is 15.0. The third-order valence-electron chi connectivity index (χ3n) is 6.66. The number of ether oxygens (including phenoxy) is 1. The number of aromatic amines is 1. The van der Waals surface area contributed by atoms with Crippen molar-refractivity contribution >= 4 is 33.9 Å². The van der Waals surface area contributed by atoms with Crippen LogP contribution < -0.4 is 10.1 Å². The molecule has 5 N–H and O–H groups in total. The fourth-order valence-electron chi connectivity index (χ4n) is 4.64. The summed E-state index contributed by atoms with van der Waals surface area (Å²) in [5.74, 6) is -3.62. The van der Waals surface area contributed by atoms with Crippen LogP contribution in [0.15, 0.2) is 42.6 Å². The number of hydrogen-bond donors (Lipinski definition) is 5. The van der Waals surface area contributed by atoms with Gasteiger partial charge in [0.05, 0.1) is 30.8 Å². The Morgan fingerprint density at radius 3 is 2.55 bits per heavy atom. The van der Waals surface area contributed by atoms with Crippen LogP contribution in [0.2, 0.25) is 0 Å². The Kier molecular flexibility index (Phi) is 9.19. The molecule has 0 amide bonds. The van der Waals surface area contributed by atoms with E-state index in [4.69, 9.17) is 24.5 Å². The van der Waals surface area contributed by atoms with Crippen LogP contribution in [0, 0.1) is 11.6 Å². The SMILES string of the molecule is COc1ccc2nccc([C@@H](O)CN3CCC(NCc4nc5c(F)cc(F)cc5[nH]4)CC3)c2c1.O=C(O)C(=O)O. The smallest absolute Gasteiger partial charge is 0.414 e. The summed E-state index contributed by atoms with van der Waals surface area (Å²) in [6.45, 7) is 2.69. The number of β-amino-alcohol motifs (C(OH)–C–C–N with tert-alkyl or cyclic N) is 1. The molecule has 2 aromatic heterocycles. The van der Waals surface area contributed by atoms with Gasteiger partial charge in [0.2, 0.25) is 0 Å². The first-order valence-corrected chi connectivity index (χ1v) is 12.5. The molecule has 1 aliphatic rings. The van der Waals surface area contributed by atoms with Crippen molar-refractivity contribution in [1.82, 2.24) is 25.2 Å². The Hall–Kier alpha value is -4.20. The third kappa shape index (κ3) is 7.05. The fourth-order valence-corrected chi connectivity index (χ4v) is 4.64. The topological polar surface area (TPSA) is 161 Å². The van der Waals surface area contributed by atoms with Gasteiger partial charge in [-0.3, -0.25) is 4.98 Å². The number of carbonyl (C=O) groups is 2. The van der Waals surface area contributed by atoms with Crippen LogP contribution in [0.5, 0.6) is 5.75 Å². The maximum Gasteiger partial charge on any atom is 0.414 e. The van der Waals surface area contributed by atoms with E-state index in [1.54, 1.807) is 13.3 Å². The number of aliphatic hydroxyl groups is 1.